The van der Waals surface area contributed by atoms with Crippen LogP contribution in [0.15, 0.2) is 15.6 Å². The molecule has 2 aliphatic heterocycles. The number of morpholine rings is 1. The maximum absolute atomic E-state index is 5.96. The Bertz CT molecular complexity index is 557. The summed E-state index contributed by atoms with van der Waals surface area (Å²) in [6.07, 6.45) is 2.79. The number of nitrogens with one attached hydrogen (secondary N) is 2. The highest BCUT2D eigenvalue weighted by Crippen LogP contribution is 2.22. The summed E-state index contributed by atoms with van der Waals surface area (Å²) in [5.41, 5.74) is 0.977. The lowest BCUT2D eigenvalue weighted by atomic mass is 10.1. The van der Waals surface area contributed by atoms with Gasteiger partial charge in [-0.2, -0.15) is 0 Å². The number of hydrogen-bond acceptors (Lipinski definition) is 5. The minimum absolute atomic E-state index is 0.218. The molecule has 2 saturated heterocycles. The number of guanidine groups is 1. The van der Waals surface area contributed by atoms with Crippen LogP contribution in [0.1, 0.15) is 44.1 Å². The van der Waals surface area contributed by atoms with Crippen LogP contribution in [0.3, 0.4) is 0 Å². The summed E-state index contributed by atoms with van der Waals surface area (Å²) in [4.78, 5) is 6.81. The van der Waals surface area contributed by atoms with Crippen LogP contribution in [0.25, 0.3) is 0 Å². The van der Waals surface area contributed by atoms with Gasteiger partial charge in [-0.15, -0.1) is 0 Å². The van der Waals surface area contributed by atoms with E-state index >= 15 is 0 Å². The third-order valence-corrected chi connectivity index (χ3v) is 4.78. The monoisotopic (exact) mass is 335 g/mol. The van der Waals surface area contributed by atoms with E-state index < -0.39 is 0 Å². The molecule has 24 heavy (non-hydrogen) atoms. The predicted octanol–water partition coefficient (Wildman–Crippen LogP) is 1.33. The fourth-order valence-electron chi connectivity index (χ4n) is 3.30. The molecule has 0 radical (unpaired) electrons. The second-order valence-electron chi connectivity index (χ2n) is 6.93. The van der Waals surface area contributed by atoms with Crippen LogP contribution in [-0.4, -0.2) is 61.5 Å². The largest absolute Gasteiger partial charge is 0.373 e. The molecule has 2 fully saturated rings. The zero-order valence-corrected chi connectivity index (χ0v) is 14.9. The highest BCUT2D eigenvalue weighted by atomic mass is 16.5. The molecule has 7 nitrogen and oxygen atoms in total. The average Bonchev–Trinajstić information content (AvgIpc) is 3.23. The van der Waals surface area contributed by atoms with Gasteiger partial charge in [0.25, 0.3) is 0 Å². The zero-order chi connectivity index (χ0) is 16.9. The third kappa shape index (κ3) is 4.27. The Morgan fingerprint density at radius 2 is 2.33 bits per heavy atom. The lowest BCUT2D eigenvalue weighted by Crippen LogP contribution is -2.51. The van der Waals surface area contributed by atoms with Crippen LogP contribution < -0.4 is 10.6 Å². The summed E-state index contributed by atoms with van der Waals surface area (Å²) < 4.78 is 11.3. The van der Waals surface area contributed by atoms with Crippen molar-refractivity contribution >= 4 is 5.96 Å². The molecule has 3 heterocycles. The highest BCUT2D eigenvalue weighted by molar-refractivity contribution is 5.79. The van der Waals surface area contributed by atoms with E-state index in [0.29, 0.717) is 18.5 Å². The molecule has 7 heteroatoms. The van der Waals surface area contributed by atoms with Gasteiger partial charge in [-0.05, 0) is 25.3 Å². The van der Waals surface area contributed by atoms with E-state index in [1.54, 1.807) is 7.05 Å². The third-order valence-electron chi connectivity index (χ3n) is 4.78. The molecule has 3 rings (SSSR count). The van der Waals surface area contributed by atoms with Crippen molar-refractivity contribution in [3.05, 3.63) is 17.5 Å². The fourth-order valence-corrected chi connectivity index (χ4v) is 3.30. The molecule has 1 aromatic heterocycles. The van der Waals surface area contributed by atoms with Crippen LogP contribution in [0, 0.1) is 0 Å². The first-order chi connectivity index (χ1) is 11.7. The van der Waals surface area contributed by atoms with Gasteiger partial charge in [0, 0.05) is 32.2 Å². The van der Waals surface area contributed by atoms with E-state index in [0.717, 1.165) is 37.1 Å². The van der Waals surface area contributed by atoms with Crippen molar-refractivity contribution in [3.63, 3.8) is 0 Å². The van der Waals surface area contributed by atoms with Gasteiger partial charge in [0.2, 0.25) is 0 Å². The van der Waals surface area contributed by atoms with Crippen LogP contribution in [0.5, 0.6) is 0 Å². The lowest BCUT2D eigenvalue weighted by Gasteiger charge is -2.35. The van der Waals surface area contributed by atoms with Crippen molar-refractivity contribution in [3.8, 4) is 0 Å². The topological polar surface area (TPSA) is 74.9 Å². The van der Waals surface area contributed by atoms with Crippen molar-refractivity contribution in [1.29, 1.82) is 0 Å². The SMILES string of the molecule is CN=C(NCc1cc(C(C)C)no1)NCC1CN2CCCC2CO1. The Labute approximate surface area is 143 Å². The molecule has 0 bridgehead atoms. The molecule has 2 aliphatic rings. The fraction of sp³-hybridized carbons (Fsp3) is 0.765. The smallest absolute Gasteiger partial charge is 0.191 e. The Morgan fingerprint density at radius 1 is 1.46 bits per heavy atom. The van der Waals surface area contributed by atoms with Crippen molar-refractivity contribution in [2.75, 3.05) is 33.3 Å². The Balaban J connectivity index is 1.41. The molecule has 0 spiro atoms. The van der Waals surface area contributed by atoms with Crippen molar-refractivity contribution < 1.29 is 9.26 Å². The normalized spacial score (nSPS) is 25.1. The first-order valence-corrected chi connectivity index (χ1v) is 8.91. The molecule has 2 unspecified atom stereocenters. The Hall–Kier alpha value is -1.60. The summed E-state index contributed by atoms with van der Waals surface area (Å²) >= 11 is 0. The van der Waals surface area contributed by atoms with Crippen molar-refractivity contribution in [1.82, 2.24) is 20.7 Å². The van der Waals surface area contributed by atoms with Gasteiger partial charge >= 0.3 is 0 Å². The molecule has 2 atom stereocenters. The summed E-state index contributed by atoms with van der Waals surface area (Å²) in [6, 6.07) is 2.63. The minimum Gasteiger partial charge on any atom is -0.373 e. The summed E-state index contributed by atoms with van der Waals surface area (Å²) in [5.74, 6) is 1.94. The molecule has 0 aromatic carbocycles. The Morgan fingerprint density at radius 3 is 3.08 bits per heavy atom. The minimum atomic E-state index is 0.218. The van der Waals surface area contributed by atoms with E-state index in [1.165, 1.54) is 19.4 Å². The van der Waals surface area contributed by atoms with E-state index in [2.05, 4.69) is 39.5 Å². The molecule has 0 amide bonds. The molecule has 0 aliphatic carbocycles. The summed E-state index contributed by atoms with van der Waals surface area (Å²) in [5, 5.41) is 10.7. The first kappa shape index (κ1) is 17.2. The quantitative estimate of drug-likeness (QED) is 0.624. The van der Waals surface area contributed by atoms with Gasteiger partial charge in [0.05, 0.1) is 24.9 Å². The maximum Gasteiger partial charge on any atom is 0.191 e. The zero-order valence-electron chi connectivity index (χ0n) is 14.9. The molecule has 0 saturated carbocycles. The standard InChI is InChI=1S/C17H29N5O2/c1-12(2)16-7-14(24-21-16)8-19-17(18-3)20-9-15-10-22-6-4-5-13(22)11-23-15/h7,12-13,15H,4-6,8-11H2,1-3H3,(H2,18,19,20). The molecular formula is C17H29N5O2. The van der Waals surface area contributed by atoms with Crippen molar-refractivity contribution in [2.45, 2.75) is 51.3 Å². The van der Waals surface area contributed by atoms with E-state index in [4.69, 9.17) is 9.26 Å². The molecule has 134 valence electrons. The number of aromatic nitrogens is 1. The second kappa shape index (κ2) is 7.98. The van der Waals surface area contributed by atoms with Gasteiger partial charge in [-0.25, -0.2) is 0 Å². The van der Waals surface area contributed by atoms with Gasteiger partial charge in [0.15, 0.2) is 11.7 Å². The van der Waals surface area contributed by atoms with Gasteiger partial charge in [-0.3, -0.25) is 9.89 Å². The van der Waals surface area contributed by atoms with Gasteiger partial charge < -0.3 is 19.9 Å². The van der Waals surface area contributed by atoms with Crippen LogP contribution in [-0.2, 0) is 11.3 Å². The van der Waals surface area contributed by atoms with E-state index in [-0.39, 0.29) is 6.10 Å². The molecular weight excluding hydrogens is 306 g/mol. The van der Waals surface area contributed by atoms with E-state index in [9.17, 15) is 0 Å². The van der Waals surface area contributed by atoms with Gasteiger partial charge in [0.1, 0.15) is 0 Å². The van der Waals surface area contributed by atoms with Gasteiger partial charge in [-0.1, -0.05) is 19.0 Å². The summed E-state index contributed by atoms with van der Waals surface area (Å²) in [7, 11) is 1.77. The second-order valence-corrected chi connectivity index (χ2v) is 6.93. The van der Waals surface area contributed by atoms with Crippen LogP contribution in [0.4, 0.5) is 0 Å². The number of fused-ring (bicyclic) bond motifs is 1. The maximum atomic E-state index is 5.96. The number of ether oxygens (including phenoxy) is 1. The Kier molecular flexibility index (Phi) is 5.73. The van der Waals surface area contributed by atoms with Crippen LogP contribution >= 0.6 is 0 Å². The molecule has 2 N–H and O–H groups in total. The summed E-state index contributed by atoms with van der Waals surface area (Å²) in [6.45, 7) is 8.61. The number of rotatable bonds is 5. The van der Waals surface area contributed by atoms with E-state index in [1.807, 2.05) is 6.07 Å². The lowest BCUT2D eigenvalue weighted by molar-refractivity contribution is -0.0453. The number of hydrogen-bond donors (Lipinski definition) is 2. The highest BCUT2D eigenvalue weighted by Gasteiger charge is 2.32. The number of aliphatic imine (C=N–C) groups is 1. The predicted molar refractivity (Wildman–Crippen MR) is 93.1 cm³/mol. The molecule has 1 aromatic rings. The average molecular weight is 335 g/mol. The van der Waals surface area contributed by atoms with Crippen molar-refractivity contribution in [2.24, 2.45) is 4.99 Å². The first-order valence-electron chi connectivity index (χ1n) is 8.91. The number of nitrogens with zero attached hydrogens (tertiary/aromatic N) is 3. The van der Waals surface area contributed by atoms with Crippen LogP contribution in [0.2, 0.25) is 0 Å².